The molecule has 5 nitrogen and oxygen atoms in total. The van der Waals surface area contributed by atoms with E-state index in [2.05, 4.69) is 10.0 Å². The van der Waals surface area contributed by atoms with Crippen molar-refractivity contribution in [2.24, 2.45) is 0 Å². The van der Waals surface area contributed by atoms with Crippen molar-refractivity contribution >= 4 is 21.6 Å². The molecule has 2 N–H and O–H groups in total. The summed E-state index contributed by atoms with van der Waals surface area (Å²) >= 11 is 0. The predicted molar refractivity (Wildman–Crippen MR) is 86.6 cm³/mol. The second-order valence-electron chi connectivity index (χ2n) is 5.01. The molecular weight excluding hydrogens is 300 g/mol. The van der Waals surface area contributed by atoms with Crippen molar-refractivity contribution in [3.8, 4) is 0 Å². The standard InChI is InChI=1S/C16H18N2O3S/c1-11-7-8-15(12(2)9-11)18-16(19)13-5-4-6-14(10-13)22(20,21)17-3/h4-10,17H,1-3H3,(H,18,19). The van der Waals surface area contributed by atoms with Crippen LogP contribution in [0.5, 0.6) is 0 Å². The zero-order valence-electron chi connectivity index (χ0n) is 12.7. The molecule has 0 heterocycles. The smallest absolute Gasteiger partial charge is 0.255 e. The first-order valence-corrected chi connectivity index (χ1v) is 8.24. The Morgan fingerprint density at radius 1 is 1.05 bits per heavy atom. The van der Waals surface area contributed by atoms with Crippen LogP contribution in [0.15, 0.2) is 47.4 Å². The van der Waals surface area contributed by atoms with Gasteiger partial charge in [0, 0.05) is 11.3 Å². The number of benzene rings is 2. The molecule has 0 spiro atoms. The first-order valence-electron chi connectivity index (χ1n) is 6.76. The maximum Gasteiger partial charge on any atom is 0.255 e. The summed E-state index contributed by atoms with van der Waals surface area (Å²) in [5.41, 5.74) is 3.05. The van der Waals surface area contributed by atoms with Crippen molar-refractivity contribution in [2.45, 2.75) is 18.7 Å². The van der Waals surface area contributed by atoms with Crippen LogP contribution < -0.4 is 10.0 Å². The van der Waals surface area contributed by atoms with Crippen LogP contribution in [0.3, 0.4) is 0 Å². The number of rotatable bonds is 4. The molecule has 2 aromatic rings. The summed E-state index contributed by atoms with van der Waals surface area (Å²) in [5, 5.41) is 2.80. The van der Waals surface area contributed by atoms with E-state index in [-0.39, 0.29) is 16.4 Å². The topological polar surface area (TPSA) is 75.3 Å². The minimum absolute atomic E-state index is 0.0586. The Bertz CT molecular complexity index is 814. The molecule has 0 bridgehead atoms. The monoisotopic (exact) mass is 318 g/mol. The van der Waals surface area contributed by atoms with Gasteiger partial charge in [-0.25, -0.2) is 13.1 Å². The lowest BCUT2D eigenvalue weighted by molar-refractivity contribution is 0.102. The molecule has 6 heteroatoms. The van der Waals surface area contributed by atoms with Gasteiger partial charge in [-0.3, -0.25) is 4.79 Å². The van der Waals surface area contributed by atoms with E-state index in [1.54, 1.807) is 12.1 Å². The largest absolute Gasteiger partial charge is 0.322 e. The van der Waals surface area contributed by atoms with Crippen LogP contribution in [0.1, 0.15) is 21.5 Å². The van der Waals surface area contributed by atoms with Gasteiger partial charge in [0.1, 0.15) is 0 Å². The Kier molecular flexibility index (Phi) is 4.63. The summed E-state index contributed by atoms with van der Waals surface area (Å²) in [5.74, 6) is -0.347. The molecule has 0 saturated heterocycles. The summed E-state index contributed by atoms with van der Waals surface area (Å²) in [4.78, 5) is 12.4. The highest BCUT2D eigenvalue weighted by Crippen LogP contribution is 2.18. The lowest BCUT2D eigenvalue weighted by Crippen LogP contribution is -2.19. The summed E-state index contributed by atoms with van der Waals surface area (Å²) < 4.78 is 25.8. The van der Waals surface area contributed by atoms with E-state index in [9.17, 15) is 13.2 Å². The minimum atomic E-state index is -3.57. The molecule has 0 fully saturated rings. The normalized spacial score (nSPS) is 11.2. The predicted octanol–water partition coefficient (Wildman–Crippen LogP) is 2.46. The molecule has 1 amide bonds. The van der Waals surface area contributed by atoms with E-state index in [1.165, 1.54) is 19.2 Å². The average molecular weight is 318 g/mol. The quantitative estimate of drug-likeness (QED) is 0.909. The number of anilines is 1. The Morgan fingerprint density at radius 2 is 1.77 bits per heavy atom. The molecule has 0 saturated carbocycles. The van der Waals surface area contributed by atoms with E-state index in [4.69, 9.17) is 0 Å². The van der Waals surface area contributed by atoms with Crippen molar-refractivity contribution in [2.75, 3.05) is 12.4 Å². The van der Waals surface area contributed by atoms with Crippen molar-refractivity contribution in [1.82, 2.24) is 4.72 Å². The maximum absolute atomic E-state index is 12.3. The van der Waals surface area contributed by atoms with E-state index in [1.807, 2.05) is 32.0 Å². The lowest BCUT2D eigenvalue weighted by atomic mass is 10.1. The van der Waals surface area contributed by atoms with E-state index < -0.39 is 10.0 Å². The molecule has 0 aromatic heterocycles. The number of sulfonamides is 1. The Hall–Kier alpha value is -2.18. The third-order valence-corrected chi connectivity index (χ3v) is 4.72. The molecule has 2 aromatic carbocycles. The van der Waals surface area contributed by atoms with Crippen molar-refractivity contribution in [1.29, 1.82) is 0 Å². The van der Waals surface area contributed by atoms with Gasteiger partial charge in [0.2, 0.25) is 10.0 Å². The molecule has 0 aliphatic heterocycles. The van der Waals surface area contributed by atoms with Gasteiger partial charge in [-0.05, 0) is 50.7 Å². The number of carbonyl (C=O) groups excluding carboxylic acids is 1. The Morgan fingerprint density at radius 3 is 2.41 bits per heavy atom. The van der Waals surface area contributed by atoms with Crippen LogP contribution in [-0.4, -0.2) is 21.4 Å². The molecule has 22 heavy (non-hydrogen) atoms. The van der Waals surface area contributed by atoms with E-state index in [0.717, 1.165) is 11.1 Å². The van der Waals surface area contributed by atoms with E-state index >= 15 is 0 Å². The highest BCUT2D eigenvalue weighted by Gasteiger charge is 2.14. The molecule has 0 atom stereocenters. The summed E-state index contributed by atoms with van der Waals surface area (Å²) in [6, 6.07) is 11.6. The first-order chi connectivity index (χ1) is 10.3. The number of nitrogens with one attached hydrogen (secondary N) is 2. The number of aryl methyl sites for hydroxylation is 2. The van der Waals surface area contributed by atoms with Crippen molar-refractivity contribution in [3.63, 3.8) is 0 Å². The van der Waals surface area contributed by atoms with Crippen LogP contribution in [0, 0.1) is 13.8 Å². The Balaban J connectivity index is 2.29. The molecule has 0 aliphatic rings. The van der Waals surface area contributed by atoms with Gasteiger partial charge in [-0.1, -0.05) is 23.8 Å². The third-order valence-electron chi connectivity index (χ3n) is 3.31. The van der Waals surface area contributed by atoms with Crippen LogP contribution in [0.4, 0.5) is 5.69 Å². The molecule has 0 radical (unpaired) electrons. The fourth-order valence-electron chi connectivity index (χ4n) is 2.07. The zero-order valence-corrected chi connectivity index (χ0v) is 13.5. The van der Waals surface area contributed by atoms with E-state index in [0.29, 0.717) is 5.69 Å². The summed E-state index contributed by atoms with van der Waals surface area (Å²) in [6.07, 6.45) is 0. The number of hydrogen-bond donors (Lipinski definition) is 2. The third kappa shape index (κ3) is 3.52. The van der Waals surface area contributed by atoms with Crippen LogP contribution >= 0.6 is 0 Å². The molecule has 0 unspecified atom stereocenters. The lowest BCUT2D eigenvalue weighted by Gasteiger charge is -2.10. The first kappa shape index (κ1) is 16.2. The SMILES string of the molecule is CNS(=O)(=O)c1cccc(C(=O)Nc2ccc(C)cc2C)c1. The Labute approximate surface area is 130 Å². The number of carbonyl (C=O) groups is 1. The highest BCUT2D eigenvalue weighted by atomic mass is 32.2. The van der Waals surface area contributed by atoms with Crippen molar-refractivity contribution in [3.05, 3.63) is 59.2 Å². The second-order valence-corrected chi connectivity index (χ2v) is 6.89. The second kappa shape index (κ2) is 6.29. The minimum Gasteiger partial charge on any atom is -0.322 e. The van der Waals surface area contributed by atoms with Gasteiger partial charge >= 0.3 is 0 Å². The zero-order chi connectivity index (χ0) is 16.3. The van der Waals surface area contributed by atoms with Crippen molar-refractivity contribution < 1.29 is 13.2 Å². The van der Waals surface area contributed by atoms with Gasteiger partial charge in [-0.2, -0.15) is 0 Å². The maximum atomic E-state index is 12.3. The van der Waals surface area contributed by atoms with Crippen LogP contribution in [0.2, 0.25) is 0 Å². The van der Waals surface area contributed by atoms with Crippen LogP contribution in [0.25, 0.3) is 0 Å². The summed E-state index contributed by atoms with van der Waals surface area (Å²) in [6.45, 7) is 3.88. The number of hydrogen-bond acceptors (Lipinski definition) is 3. The van der Waals surface area contributed by atoms with Gasteiger partial charge in [0.15, 0.2) is 0 Å². The van der Waals surface area contributed by atoms with Crippen LogP contribution in [-0.2, 0) is 10.0 Å². The van der Waals surface area contributed by atoms with Gasteiger partial charge in [-0.15, -0.1) is 0 Å². The molecule has 0 aliphatic carbocycles. The molecular formula is C16H18N2O3S. The molecule has 2 rings (SSSR count). The highest BCUT2D eigenvalue weighted by molar-refractivity contribution is 7.89. The fraction of sp³-hybridized carbons (Fsp3) is 0.188. The average Bonchev–Trinajstić information content (AvgIpc) is 2.50. The van der Waals surface area contributed by atoms with Gasteiger partial charge in [0.05, 0.1) is 4.90 Å². The molecule has 116 valence electrons. The fourth-order valence-corrected chi connectivity index (χ4v) is 2.85. The summed E-state index contributed by atoms with van der Waals surface area (Å²) in [7, 11) is -2.24. The number of amides is 1. The van der Waals surface area contributed by atoms with Gasteiger partial charge in [0.25, 0.3) is 5.91 Å². The van der Waals surface area contributed by atoms with Gasteiger partial charge < -0.3 is 5.32 Å².